The fourth-order valence-electron chi connectivity index (χ4n) is 1.90. The number of benzene rings is 1. The van der Waals surface area contributed by atoms with E-state index in [4.69, 9.17) is 9.31 Å². The number of hydrogen-bond donors (Lipinski definition) is 0. The molecular formula is C15H21BO2. The summed E-state index contributed by atoms with van der Waals surface area (Å²) in [5.41, 5.74) is 0.786. The van der Waals surface area contributed by atoms with Crippen molar-refractivity contribution in [1.29, 1.82) is 0 Å². The van der Waals surface area contributed by atoms with Crippen molar-refractivity contribution in [2.24, 2.45) is 0 Å². The van der Waals surface area contributed by atoms with Crippen molar-refractivity contribution < 1.29 is 9.31 Å². The minimum absolute atomic E-state index is 0.237. The minimum atomic E-state index is -0.255. The fourth-order valence-corrected chi connectivity index (χ4v) is 1.90. The van der Waals surface area contributed by atoms with Crippen molar-refractivity contribution in [1.82, 2.24) is 0 Å². The van der Waals surface area contributed by atoms with E-state index >= 15 is 0 Å². The standard InChI is InChI=1S/C15H21BO2/c1-14(2)15(3,4)18-16(17-14)12-8-11-13-9-6-5-7-10-13/h5-10,12H,11H2,1-4H3. The Bertz CT molecular complexity index is 407. The van der Waals surface area contributed by atoms with Crippen molar-refractivity contribution in [2.45, 2.75) is 45.3 Å². The van der Waals surface area contributed by atoms with Crippen LogP contribution in [0.3, 0.4) is 0 Å². The third-order valence-corrected chi connectivity index (χ3v) is 3.76. The molecule has 1 heterocycles. The van der Waals surface area contributed by atoms with E-state index in [0.29, 0.717) is 0 Å². The number of allylic oxidation sites excluding steroid dienone is 1. The zero-order valence-corrected chi connectivity index (χ0v) is 11.6. The Labute approximate surface area is 110 Å². The molecule has 3 heteroatoms. The van der Waals surface area contributed by atoms with Crippen molar-refractivity contribution in [3.05, 3.63) is 47.9 Å². The van der Waals surface area contributed by atoms with Gasteiger partial charge in [0.1, 0.15) is 0 Å². The second-order valence-electron chi connectivity index (χ2n) is 5.74. The molecule has 1 aromatic rings. The molecule has 0 spiro atoms. The van der Waals surface area contributed by atoms with Gasteiger partial charge < -0.3 is 9.31 Å². The summed E-state index contributed by atoms with van der Waals surface area (Å²) in [5, 5.41) is 0. The number of rotatable bonds is 3. The third-order valence-electron chi connectivity index (χ3n) is 3.76. The first kappa shape index (κ1) is 13.4. The number of hydrogen-bond acceptors (Lipinski definition) is 2. The Balaban J connectivity index is 1.92. The summed E-state index contributed by atoms with van der Waals surface area (Å²) in [6.07, 6.45) is 3.02. The van der Waals surface area contributed by atoms with Gasteiger partial charge >= 0.3 is 7.12 Å². The minimum Gasteiger partial charge on any atom is -0.400 e. The van der Waals surface area contributed by atoms with E-state index in [2.05, 4.69) is 58.0 Å². The van der Waals surface area contributed by atoms with Crippen molar-refractivity contribution in [2.75, 3.05) is 0 Å². The van der Waals surface area contributed by atoms with Crippen LogP contribution >= 0.6 is 0 Å². The van der Waals surface area contributed by atoms with Crippen LogP contribution in [0.15, 0.2) is 42.4 Å². The largest absolute Gasteiger partial charge is 0.486 e. The first-order valence-corrected chi connectivity index (χ1v) is 6.47. The Morgan fingerprint density at radius 2 is 1.56 bits per heavy atom. The van der Waals surface area contributed by atoms with Crippen LogP contribution in [0.2, 0.25) is 0 Å². The average molecular weight is 244 g/mol. The Kier molecular flexibility index (Phi) is 3.65. The van der Waals surface area contributed by atoms with Gasteiger partial charge in [-0.25, -0.2) is 0 Å². The molecule has 2 rings (SSSR count). The van der Waals surface area contributed by atoms with Crippen LogP contribution < -0.4 is 0 Å². The Morgan fingerprint density at radius 1 is 1.00 bits per heavy atom. The first-order valence-electron chi connectivity index (χ1n) is 6.47. The predicted octanol–water partition coefficient (Wildman–Crippen LogP) is 3.42. The lowest BCUT2D eigenvalue weighted by atomic mass is 9.89. The van der Waals surface area contributed by atoms with Crippen LogP contribution in [0.5, 0.6) is 0 Å². The molecule has 0 bridgehead atoms. The summed E-state index contributed by atoms with van der Waals surface area (Å²) in [7, 11) is -0.237. The van der Waals surface area contributed by atoms with Gasteiger partial charge in [-0.1, -0.05) is 42.4 Å². The summed E-state index contributed by atoms with van der Waals surface area (Å²) >= 11 is 0. The summed E-state index contributed by atoms with van der Waals surface area (Å²) in [6, 6.07) is 10.4. The molecule has 0 atom stereocenters. The SMILES string of the molecule is CC1(C)OB(C=CCc2ccccc2)OC1(C)C. The lowest BCUT2D eigenvalue weighted by Gasteiger charge is -2.32. The fraction of sp³-hybridized carbons (Fsp3) is 0.467. The van der Waals surface area contributed by atoms with Gasteiger partial charge in [0.15, 0.2) is 0 Å². The maximum Gasteiger partial charge on any atom is 0.486 e. The van der Waals surface area contributed by atoms with Gasteiger partial charge in [-0.15, -0.1) is 0 Å². The summed E-state index contributed by atoms with van der Waals surface area (Å²) in [4.78, 5) is 0. The molecule has 0 N–H and O–H groups in total. The van der Waals surface area contributed by atoms with Crippen LogP contribution in [-0.4, -0.2) is 18.3 Å². The summed E-state index contributed by atoms with van der Waals surface area (Å²) < 4.78 is 11.8. The second-order valence-corrected chi connectivity index (χ2v) is 5.74. The molecule has 1 fully saturated rings. The molecule has 1 aliphatic heterocycles. The topological polar surface area (TPSA) is 18.5 Å². The lowest BCUT2D eigenvalue weighted by Crippen LogP contribution is -2.41. The van der Waals surface area contributed by atoms with Crippen LogP contribution in [0.1, 0.15) is 33.3 Å². The van der Waals surface area contributed by atoms with E-state index in [1.807, 2.05) is 12.0 Å². The molecule has 0 radical (unpaired) electrons. The average Bonchev–Trinajstić information content (AvgIpc) is 2.49. The second kappa shape index (κ2) is 4.91. The van der Waals surface area contributed by atoms with E-state index in [1.54, 1.807) is 0 Å². The maximum absolute atomic E-state index is 5.89. The van der Waals surface area contributed by atoms with Gasteiger partial charge in [-0.05, 0) is 39.7 Å². The normalized spacial score (nSPS) is 21.7. The molecule has 0 aromatic heterocycles. The molecule has 1 aliphatic rings. The lowest BCUT2D eigenvalue weighted by molar-refractivity contribution is 0.00578. The highest BCUT2D eigenvalue weighted by Gasteiger charge is 2.49. The van der Waals surface area contributed by atoms with E-state index in [0.717, 1.165) is 6.42 Å². The quantitative estimate of drug-likeness (QED) is 0.758. The van der Waals surface area contributed by atoms with Crippen LogP contribution in [0, 0.1) is 0 Å². The monoisotopic (exact) mass is 244 g/mol. The van der Waals surface area contributed by atoms with Crippen molar-refractivity contribution >= 4 is 7.12 Å². The van der Waals surface area contributed by atoms with Gasteiger partial charge in [-0.2, -0.15) is 0 Å². The molecule has 18 heavy (non-hydrogen) atoms. The first-order chi connectivity index (χ1) is 8.41. The van der Waals surface area contributed by atoms with Gasteiger partial charge in [0.05, 0.1) is 11.2 Å². The molecule has 0 saturated carbocycles. The highest BCUT2D eigenvalue weighted by atomic mass is 16.7. The van der Waals surface area contributed by atoms with E-state index in [1.165, 1.54) is 5.56 Å². The Hall–Kier alpha value is -1.06. The Morgan fingerprint density at radius 3 is 2.11 bits per heavy atom. The van der Waals surface area contributed by atoms with E-state index in [-0.39, 0.29) is 18.3 Å². The molecule has 0 amide bonds. The van der Waals surface area contributed by atoms with Crippen LogP contribution in [-0.2, 0) is 15.7 Å². The van der Waals surface area contributed by atoms with Gasteiger partial charge in [-0.3, -0.25) is 0 Å². The molecule has 1 aromatic carbocycles. The zero-order valence-electron chi connectivity index (χ0n) is 11.6. The van der Waals surface area contributed by atoms with E-state index in [9.17, 15) is 0 Å². The molecule has 0 unspecified atom stereocenters. The maximum atomic E-state index is 5.89. The van der Waals surface area contributed by atoms with Crippen molar-refractivity contribution in [3.8, 4) is 0 Å². The highest BCUT2D eigenvalue weighted by molar-refractivity contribution is 6.51. The van der Waals surface area contributed by atoms with Gasteiger partial charge in [0.25, 0.3) is 0 Å². The van der Waals surface area contributed by atoms with Crippen molar-refractivity contribution in [3.63, 3.8) is 0 Å². The molecule has 96 valence electrons. The summed E-state index contributed by atoms with van der Waals surface area (Å²) in [5.74, 6) is 2.00. The van der Waals surface area contributed by atoms with E-state index < -0.39 is 0 Å². The van der Waals surface area contributed by atoms with Crippen LogP contribution in [0.25, 0.3) is 0 Å². The van der Waals surface area contributed by atoms with Gasteiger partial charge in [0, 0.05) is 0 Å². The van der Waals surface area contributed by atoms with Gasteiger partial charge in [0.2, 0.25) is 0 Å². The predicted molar refractivity (Wildman–Crippen MR) is 75.4 cm³/mol. The molecular weight excluding hydrogens is 223 g/mol. The zero-order chi connectivity index (χ0) is 13.2. The van der Waals surface area contributed by atoms with Crippen LogP contribution in [0.4, 0.5) is 0 Å². The molecule has 1 saturated heterocycles. The third kappa shape index (κ3) is 2.85. The smallest absolute Gasteiger partial charge is 0.400 e. The molecule has 2 nitrogen and oxygen atoms in total. The summed E-state index contributed by atoms with van der Waals surface area (Å²) in [6.45, 7) is 8.27. The highest BCUT2D eigenvalue weighted by Crippen LogP contribution is 2.36. The molecule has 0 aliphatic carbocycles.